The number of amides is 1. The Balaban J connectivity index is 1.69. The number of nitrogens with one attached hydrogen (secondary N) is 1. The van der Waals surface area contributed by atoms with Crippen LogP contribution in [0.15, 0.2) is 53.4 Å². The lowest BCUT2D eigenvalue weighted by Crippen LogP contribution is -2.51. The fourth-order valence-electron chi connectivity index (χ4n) is 3.85. The summed E-state index contributed by atoms with van der Waals surface area (Å²) in [5.74, 6) is 0.968. The van der Waals surface area contributed by atoms with Crippen LogP contribution in [0.1, 0.15) is 20.3 Å². The lowest BCUT2D eigenvalue weighted by molar-refractivity contribution is -0.133. The number of benzene rings is 2. The molecular weight excluding hydrogens is 442 g/mol. The molecule has 9 heteroatoms. The van der Waals surface area contributed by atoms with Crippen molar-refractivity contribution in [1.82, 2.24) is 9.62 Å². The van der Waals surface area contributed by atoms with E-state index in [0.29, 0.717) is 25.4 Å². The summed E-state index contributed by atoms with van der Waals surface area (Å²) in [4.78, 5) is 17.5. The van der Waals surface area contributed by atoms with Crippen LogP contribution in [0.4, 0.5) is 5.69 Å². The van der Waals surface area contributed by atoms with E-state index in [0.717, 1.165) is 24.4 Å². The van der Waals surface area contributed by atoms with Crippen LogP contribution in [0, 0.1) is 5.92 Å². The predicted molar refractivity (Wildman–Crippen MR) is 128 cm³/mol. The summed E-state index contributed by atoms with van der Waals surface area (Å²) in [6.07, 6.45) is 0.799. The van der Waals surface area contributed by atoms with Gasteiger partial charge in [0.15, 0.2) is 0 Å². The zero-order valence-electron chi connectivity index (χ0n) is 19.7. The van der Waals surface area contributed by atoms with E-state index in [-0.39, 0.29) is 16.7 Å². The highest BCUT2D eigenvalue weighted by Crippen LogP contribution is 2.22. The molecule has 3 rings (SSSR count). The Morgan fingerprint density at radius 1 is 0.879 bits per heavy atom. The summed E-state index contributed by atoms with van der Waals surface area (Å²) in [5.41, 5.74) is 1.07. The monoisotopic (exact) mass is 475 g/mol. The Hall–Kier alpha value is -2.78. The van der Waals surface area contributed by atoms with Crippen LogP contribution in [0.25, 0.3) is 0 Å². The van der Waals surface area contributed by atoms with Crippen molar-refractivity contribution in [3.63, 3.8) is 0 Å². The van der Waals surface area contributed by atoms with Crippen LogP contribution in [-0.2, 0) is 14.8 Å². The normalized spacial score (nSPS) is 15.8. The number of hydrogen-bond acceptors (Lipinski definition) is 6. The van der Waals surface area contributed by atoms with Crippen LogP contribution in [-0.4, -0.2) is 65.7 Å². The lowest BCUT2D eigenvalue weighted by Gasteiger charge is -2.29. The van der Waals surface area contributed by atoms with Crippen molar-refractivity contribution >= 4 is 21.6 Å². The topological polar surface area (TPSA) is 88.2 Å². The van der Waals surface area contributed by atoms with Crippen molar-refractivity contribution in [2.45, 2.75) is 31.2 Å². The van der Waals surface area contributed by atoms with Gasteiger partial charge in [0.25, 0.3) is 0 Å². The van der Waals surface area contributed by atoms with Gasteiger partial charge in [-0.2, -0.15) is 4.72 Å². The minimum atomic E-state index is -3.86. The molecule has 0 saturated carbocycles. The van der Waals surface area contributed by atoms with E-state index >= 15 is 0 Å². The Morgan fingerprint density at radius 3 is 2.00 bits per heavy atom. The first-order valence-corrected chi connectivity index (χ1v) is 12.6. The highest BCUT2D eigenvalue weighted by Gasteiger charge is 2.32. The van der Waals surface area contributed by atoms with Crippen molar-refractivity contribution in [2.75, 3.05) is 45.3 Å². The van der Waals surface area contributed by atoms with Gasteiger partial charge in [0.1, 0.15) is 17.5 Å². The van der Waals surface area contributed by atoms with Gasteiger partial charge in [-0.15, -0.1) is 0 Å². The second-order valence-electron chi connectivity index (χ2n) is 8.38. The van der Waals surface area contributed by atoms with E-state index in [1.165, 1.54) is 19.2 Å². The van der Waals surface area contributed by atoms with E-state index in [9.17, 15) is 13.2 Å². The number of hydrogen-bond donors (Lipinski definition) is 1. The molecule has 2 aromatic carbocycles. The SMILES string of the molecule is COc1ccc(N2CCCN(C(=O)[C@@H](NS(=O)(=O)c3ccc(OC)cc3)C(C)C)CC2)cc1. The molecule has 1 N–H and O–H groups in total. The van der Waals surface area contributed by atoms with E-state index in [4.69, 9.17) is 9.47 Å². The van der Waals surface area contributed by atoms with Gasteiger partial charge in [0.05, 0.1) is 19.1 Å². The molecule has 0 unspecified atom stereocenters. The molecule has 1 heterocycles. The van der Waals surface area contributed by atoms with E-state index in [1.807, 2.05) is 38.1 Å². The van der Waals surface area contributed by atoms with Crippen LogP contribution < -0.4 is 19.1 Å². The first kappa shape index (κ1) is 24.9. The second-order valence-corrected chi connectivity index (χ2v) is 10.1. The molecule has 1 aliphatic rings. The number of anilines is 1. The van der Waals surface area contributed by atoms with Gasteiger partial charge in [-0.25, -0.2) is 8.42 Å². The highest BCUT2D eigenvalue weighted by molar-refractivity contribution is 7.89. The van der Waals surface area contributed by atoms with Crippen molar-refractivity contribution in [2.24, 2.45) is 5.92 Å². The van der Waals surface area contributed by atoms with Gasteiger partial charge < -0.3 is 19.3 Å². The smallest absolute Gasteiger partial charge is 0.241 e. The van der Waals surface area contributed by atoms with Gasteiger partial charge in [0, 0.05) is 31.9 Å². The van der Waals surface area contributed by atoms with Crippen molar-refractivity contribution in [3.8, 4) is 11.5 Å². The maximum absolute atomic E-state index is 13.4. The van der Waals surface area contributed by atoms with Crippen LogP contribution in [0.2, 0.25) is 0 Å². The van der Waals surface area contributed by atoms with Crippen LogP contribution in [0.3, 0.4) is 0 Å². The summed E-state index contributed by atoms with van der Waals surface area (Å²) in [6, 6.07) is 13.1. The summed E-state index contributed by atoms with van der Waals surface area (Å²) < 4.78 is 38.9. The molecule has 1 aliphatic heterocycles. The van der Waals surface area contributed by atoms with Crippen molar-refractivity contribution in [1.29, 1.82) is 0 Å². The zero-order chi connectivity index (χ0) is 24.0. The molecular formula is C24H33N3O5S. The Labute approximate surface area is 196 Å². The molecule has 0 spiro atoms. The molecule has 0 radical (unpaired) electrons. The van der Waals surface area contributed by atoms with Gasteiger partial charge in [-0.05, 0) is 60.9 Å². The summed E-state index contributed by atoms with van der Waals surface area (Å²) in [6.45, 7) is 6.30. The standard InChI is InChI=1S/C24H33N3O5S/c1-18(2)23(25-33(29,30)22-12-10-21(32-4)11-13-22)24(28)27-15-5-14-26(16-17-27)19-6-8-20(31-3)9-7-19/h6-13,18,23,25H,5,14-17H2,1-4H3/t23-/m0/s1. The molecule has 1 saturated heterocycles. The van der Waals surface area contributed by atoms with Crippen LogP contribution >= 0.6 is 0 Å². The maximum atomic E-state index is 13.4. The molecule has 1 atom stereocenters. The molecule has 33 heavy (non-hydrogen) atoms. The zero-order valence-corrected chi connectivity index (χ0v) is 20.5. The molecule has 1 amide bonds. The van der Waals surface area contributed by atoms with Crippen LogP contribution in [0.5, 0.6) is 11.5 Å². The Morgan fingerprint density at radius 2 is 1.45 bits per heavy atom. The number of carbonyl (C=O) groups excluding carboxylic acids is 1. The molecule has 1 fully saturated rings. The molecule has 0 aliphatic carbocycles. The first-order valence-electron chi connectivity index (χ1n) is 11.1. The number of ether oxygens (including phenoxy) is 2. The molecule has 8 nitrogen and oxygen atoms in total. The number of methoxy groups -OCH3 is 2. The van der Waals surface area contributed by atoms with Crippen molar-refractivity contribution < 1.29 is 22.7 Å². The van der Waals surface area contributed by atoms with Gasteiger partial charge in [-0.3, -0.25) is 4.79 Å². The lowest BCUT2D eigenvalue weighted by atomic mass is 10.0. The number of carbonyl (C=O) groups is 1. The number of rotatable bonds is 8. The fraction of sp³-hybridized carbons (Fsp3) is 0.458. The van der Waals surface area contributed by atoms with E-state index < -0.39 is 16.1 Å². The maximum Gasteiger partial charge on any atom is 0.241 e. The summed E-state index contributed by atoms with van der Waals surface area (Å²) >= 11 is 0. The quantitative estimate of drug-likeness (QED) is 0.632. The first-order chi connectivity index (χ1) is 15.7. The van der Waals surface area contributed by atoms with Gasteiger partial charge in [0.2, 0.25) is 15.9 Å². The largest absolute Gasteiger partial charge is 0.497 e. The van der Waals surface area contributed by atoms with Crippen molar-refractivity contribution in [3.05, 3.63) is 48.5 Å². The van der Waals surface area contributed by atoms with Gasteiger partial charge >= 0.3 is 0 Å². The van der Waals surface area contributed by atoms with E-state index in [2.05, 4.69) is 9.62 Å². The van der Waals surface area contributed by atoms with Gasteiger partial charge in [-0.1, -0.05) is 13.8 Å². The third-order valence-electron chi connectivity index (χ3n) is 5.83. The Bertz CT molecular complexity index is 1020. The third-order valence-corrected chi connectivity index (χ3v) is 7.29. The predicted octanol–water partition coefficient (Wildman–Crippen LogP) is 2.75. The second kappa shape index (κ2) is 10.9. The van der Waals surface area contributed by atoms with E-state index in [1.54, 1.807) is 24.1 Å². The Kier molecular flexibility index (Phi) is 8.20. The molecule has 180 valence electrons. The summed E-state index contributed by atoms with van der Waals surface area (Å²) in [5, 5.41) is 0. The third kappa shape index (κ3) is 6.17. The molecule has 0 aromatic heterocycles. The molecule has 2 aromatic rings. The summed E-state index contributed by atoms with van der Waals surface area (Å²) in [7, 11) is -0.701. The number of sulfonamides is 1. The molecule has 0 bridgehead atoms. The fourth-order valence-corrected chi connectivity index (χ4v) is 5.19. The number of nitrogens with zero attached hydrogens (tertiary/aromatic N) is 2. The highest BCUT2D eigenvalue weighted by atomic mass is 32.2. The average Bonchev–Trinajstić information content (AvgIpc) is 3.08. The average molecular weight is 476 g/mol. The minimum absolute atomic E-state index is 0.100. The minimum Gasteiger partial charge on any atom is -0.497 e.